The second kappa shape index (κ2) is 5.17. The van der Waals surface area contributed by atoms with E-state index in [1.54, 1.807) is 24.3 Å². The molecule has 2 nitrogen and oxygen atoms in total. The van der Waals surface area contributed by atoms with Crippen LogP contribution in [0.2, 0.25) is 0 Å². The number of ketones is 1. The van der Waals surface area contributed by atoms with Gasteiger partial charge in [0.25, 0.3) is 0 Å². The molecule has 4 heteroatoms. The molecule has 0 saturated heterocycles. The highest BCUT2D eigenvalue weighted by Gasteiger charge is 2.01. The van der Waals surface area contributed by atoms with Crippen LogP contribution >= 0.6 is 28.3 Å². The zero-order valence-electron chi connectivity index (χ0n) is 6.29. The van der Waals surface area contributed by atoms with Gasteiger partial charge < -0.3 is 5.73 Å². The SMILES string of the molecule is Cl.Nc1cccc(C(=O)CBr)c1. The second-order valence-electron chi connectivity index (χ2n) is 2.18. The summed E-state index contributed by atoms with van der Waals surface area (Å²) in [6, 6.07) is 6.94. The van der Waals surface area contributed by atoms with Gasteiger partial charge in [-0.2, -0.15) is 0 Å². The molecule has 0 saturated carbocycles. The van der Waals surface area contributed by atoms with Gasteiger partial charge in [0.2, 0.25) is 0 Å². The molecular weight excluding hydrogens is 241 g/mol. The Morgan fingerprint density at radius 1 is 1.50 bits per heavy atom. The van der Waals surface area contributed by atoms with Gasteiger partial charge >= 0.3 is 0 Å². The number of hydrogen-bond donors (Lipinski definition) is 1. The minimum atomic E-state index is 0. The second-order valence-corrected chi connectivity index (χ2v) is 2.74. The molecule has 0 amide bonds. The molecule has 1 aromatic carbocycles. The van der Waals surface area contributed by atoms with Crippen molar-refractivity contribution in [2.24, 2.45) is 0 Å². The van der Waals surface area contributed by atoms with Crippen LogP contribution < -0.4 is 5.73 Å². The Bertz CT molecular complexity index is 278. The first-order chi connectivity index (χ1) is 5.24. The van der Waals surface area contributed by atoms with Crippen molar-refractivity contribution in [2.45, 2.75) is 0 Å². The molecule has 0 radical (unpaired) electrons. The molecule has 1 rings (SSSR count). The average molecular weight is 251 g/mol. The van der Waals surface area contributed by atoms with Gasteiger partial charge in [0.15, 0.2) is 5.78 Å². The lowest BCUT2D eigenvalue weighted by molar-refractivity contribution is 0.102. The molecule has 12 heavy (non-hydrogen) atoms. The van der Waals surface area contributed by atoms with Crippen molar-refractivity contribution in [1.82, 2.24) is 0 Å². The van der Waals surface area contributed by atoms with Crippen molar-refractivity contribution in [3.05, 3.63) is 29.8 Å². The number of nitrogen functional groups attached to an aromatic ring is 1. The van der Waals surface area contributed by atoms with E-state index in [1.165, 1.54) is 0 Å². The van der Waals surface area contributed by atoms with Crippen LogP contribution in [0.5, 0.6) is 0 Å². The fraction of sp³-hybridized carbons (Fsp3) is 0.125. The zero-order valence-corrected chi connectivity index (χ0v) is 8.69. The Hall–Kier alpha value is -0.540. The molecule has 0 aliphatic rings. The number of hydrogen-bond acceptors (Lipinski definition) is 2. The number of carbonyl (C=O) groups excluding carboxylic acids is 1. The Morgan fingerprint density at radius 2 is 2.17 bits per heavy atom. The lowest BCUT2D eigenvalue weighted by atomic mass is 10.1. The Labute approximate surface area is 85.7 Å². The molecule has 0 heterocycles. The molecular formula is C8H9BrClNO. The molecule has 0 spiro atoms. The summed E-state index contributed by atoms with van der Waals surface area (Å²) >= 11 is 3.09. The molecule has 0 aliphatic carbocycles. The summed E-state index contributed by atoms with van der Waals surface area (Å²) in [4.78, 5) is 11.1. The third kappa shape index (κ3) is 2.83. The number of alkyl halides is 1. The molecule has 0 unspecified atom stereocenters. The monoisotopic (exact) mass is 249 g/mol. The highest BCUT2D eigenvalue weighted by Crippen LogP contribution is 2.07. The molecule has 0 fully saturated rings. The van der Waals surface area contributed by atoms with Gasteiger partial charge in [-0.1, -0.05) is 28.1 Å². The van der Waals surface area contributed by atoms with Crippen molar-refractivity contribution < 1.29 is 4.79 Å². The van der Waals surface area contributed by atoms with Crippen LogP contribution in [0.15, 0.2) is 24.3 Å². The predicted octanol–water partition coefficient (Wildman–Crippen LogP) is 2.27. The van der Waals surface area contributed by atoms with Crippen molar-refractivity contribution in [3.63, 3.8) is 0 Å². The van der Waals surface area contributed by atoms with E-state index in [9.17, 15) is 4.79 Å². The first-order valence-corrected chi connectivity index (χ1v) is 4.31. The Balaban J connectivity index is 0.00000121. The maximum absolute atomic E-state index is 11.1. The van der Waals surface area contributed by atoms with Crippen molar-refractivity contribution in [2.75, 3.05) is 11.1 Å². The van der Waals surface area contributed by atoms with Gasteiger partial charge in [-0.3, -0.25) is 4.79 Å². The van der Waals surface area contributed by atoms with Crippen molar-refractivity contribution in [1.29, 1.82) is 0 Å². The summed E-state index contributed by atoms with van der Waals surface area (Å²) in [5.41, 5.74) is 6.76. The van der Waals surface area contributed by atoms with Crippen molar-refractivity contribution in [3.8, 4) is 0 Å². The zero-order chi connectivity index (χ0) is 8.27. The molecule has 0 atom stereocenters. The van der Waals surface area contributed by atoms with E-state index in [0.29, 0.717) is 16.6 Å². The quantitative estimate of drug-likeness (QED) is 0.497. The minimum Gasteiger partial charge on any atom is -0.399 e. The van der Waals surface area contributed by atoms with E-state index in [1.807, 2.05) is 0 Å². The maximum atomic E-state index is 11.1. The van der Waals surface area contributed by atoms with Crippen LogP contribution in [0.3, 0.4) is 0 Å². The number of rotatable bonds is 2. The van der Waals surface area contributed by atoms with E-state index in [2.05, 4.69) is 15.9 Å². The van der Waals surface area contributed by atoms with Crippen LogP contribution in [-0.4, -0.2) is 11.1 Å². The smallest absolute Gasteiger partial charge is 0.173 e. The summed E-state index contributed by atoms with van der Waals surface area (Å²) in [5.74, 6) is 0.0531. The van der Waals surface area contributed by atoms with Gasteiger partial charge in [0, 0.05) is 11.3 Å². The third-order valence-corrected chi connectivity index (χ3v) is 1.84. The standard InChI is InChI=1S/C8H8BrNO.ClH/c9-5-8(11)6-2-1-3-7(10)4-6;/h1-4H,5,10H2;1H. The van der Waals surface area contributed by atoms with E-state index < -0.39 is 0 Å². The lowest BCUT2D eigenvalue weighted by Crippen LogP contribution is -2.00. The Kier molecular flexibility index (Phi) is 4.93. The van der Waals surface area contributed by atoms with Gasteiger partial charge in [0.1, 0.15) is 0 Å². The highest BCUT2D eigenvalue weighted by molar-refractivity contribution is 9.09. The summed E-state index contributed by atoms with van der Waals surface area (Å²) in [5, 5.41) is 0.344. The first-order valence-electron chi connectivity index (χ1n) is 3.18. The minimum absolute atomic E-state index is 0. The van der Waals surface area contributed by atoms with Crippen LogP contribution in [0.4, 0.5) is 5.69 Å². The fourth-order valence-corrected chi connectivity index (χ4v) is 1.11. The highest BCUT2D eigenvalue weighted by atomic mass is 79.9. The van der Waals surface area contributed by atoms with Crippen LogP contribution in [0.1, 0.15) is 10.4 Å². The van der Waals surface area contributed by atoms with E-state index >= 15 is 0 Å². The summed E-state index contributed by atoms with van der Waals surface area (Å²) < 4.78 is 0. The van der Waals surface area contributed by atoms with Crippen molar-refractivity contribution >= 4 is 39.8 Å². The number of benzene rings is 1. The summed E-state index contributed by atoms with van der Waals surface area (Å²) in [7, 11) is 0. The number of carbonyl (C=O) groups is 1. The van der Waals surface area contributed by atoms with E-state index in [-0.39, 0.29) is 18.2 Å². The van der Waals surface area contributed by atoms with Gasteiger partial charge in [-0.05, 0) is 12.1 Å². The lowest BCUT2D eigenvalue weighted by Gasteiger charge is -1.97. The summed E-state index contributed by atoms with van der Waals surface area (Å²) in [6.07, 6.45) is 0. The Morgan fingerprint density at radius 3 is 2.67 bits per heavy atom. The molecule has 0 aliphatic heterocycles. The van der Waals surface area contributed by atoms with Gasteiger partial charge in [-0.15, -0.1) is 12.4 Å². The molecule has 2 N–H and O–H groups in total. The summed E-state index contributed by atoms with van der Waals surface area (Å²) in [6.45, 7) is 0. The molecule has 0 aromatic heterocycles. The predicted molar refractivity (Wildman–Crippen MR) is 56.2 cm³/mol. The fourth-order valence-electron chi connectivity index (χ4n) is 0.789. The molecule has 0 bridgehead atoms. The topological polar surface area (TPSA) is 43.1 Å². The largest absolute Gasteiger partial charge is 0.399 e. The van der Waals surface area contributed by atoms with E-state index in [4.69, 9.17) is 5.73 Å². The van der Waals surface area contributed by atoms with Gasteiger partial charge in [-0.25, -0.2) is 0 Å². The first kappa shape index (κ1) is 11.5. The number of Topliss-reactive ketones (excluding diaryl/α,β-unsaturated/α-hetero) is 1. The van der Waals surface area contributed by atoms with Crippen LogP contribution in [0, 0.1) is 0 Å². The van der Waals surface area contributed by atoms with Gasteiger partial charge in [0.05, 0.1) is 5.33 Å². The van der Waals surface area contributed by atoms with E-state index in [0.717, 1.165) is 0 Å². The normalized spacial score (nSPS) is 8.75. The maximum Gasteiger partial charge on any atom is 0.173 e. The average Bonchev–Trinajstić information content (AvgIpc) is 2.03. The third-order valence-electron chi connectivity index (χ3n) is 1.33. The number of anilines is 1. The van der Waals surface area contributed by atoms with Crippen LogP contribution in [-0.2, 0) is 0 Å². The number of halogens is 2. The number of nitrogens with two attached hydrogens (primary N) is 1. The molecule has 66 valence electrons. The van der Waals surface area contributed by atoms with Crippen LogP contribution in [0.25, 0.3) is 0 Å². The molecule has 1 aromatic rings.